The van der Waals surface area contributed by atoms with Crippen LogP contribution in [0.15, 0.2) is 60.7 Å². The van der Waals surface area contributed by atoms with E-state index >= 15 is 0 Å². The van der Waals surface area contributed by atoms with Gasteiger partial charge in [-0.3, -0.25) is 19.2 Å². The summed E-state index contributed by atoms with van der Waals surface area (Å²) < 4.78 is 26.6. The highest BCUT2D eigenvalue weighted by Gasteiger charge is 2.36. The van der Waals surface area contributed by atoms with E-state index in [4.69, 9.17) is 11.5 Å². The first-order valence-corrected chi connectivity index (χ1v) is 19.4. The predicted octanol–water partition coefficient (Wildman–Crippen LogP) is 1.31. The lowest BCUT2D eigenvalue weighted by molar-refractivity contribution is -0.138. The van der Waals surface area contributed by atoms with E-state index in [1.54, 1.807) is 4.90 Å². The largest absolute Gasteiger partial charge is 0.343 e. The van der Waals surface area contributed by atoms with Gasteiger partial charge in [0.1, 0.15) is 18.1 Å². The Hall–Kier alpha value is -3.85. The third-order valence-electron chi connectivity index (χ3n) is 9.14. The molecule has 3 rings (SSSR count). The Morgan fingerprint density at radius 1 is 0.784 bits per heavy atom. The number of nitrogens with two attached hydrogens (primary N) is 2. The summed E-state index contributed by atoms with van der Waals surface area (Å²) >= 11 is 0. The maximum absolute atomic E-state index is 13.9. The first-order chi connectivity index (χ1) is 24.2. The Morgan fingerprint density at radius 2 is 1.29 bits per heavy atom. The van der Waals surface area contributed by atoms with E-state index in [1.807, 2.05) is 74.5 Å². The fourth-order valence-corrected chi connectivity index (χ4v) is 7.59. The SMILES string of the molecule is CC(C)C[C@@H](NC(=O)[C@@H](Cc1ccccc1)NC(=O)[C@H](N)Cc1ccccc1)C(=O)N[C@H](CCCCN)C(=O)N1CCC(S(=O)(=O)N(C)C)CC1. The highest BCUT2D eigenvalue weighted by Crippen LogP contribution is 2.21. The Bertz CT molecular complexity index is 1520. The van der Waals surface area contributed by atoms with Gasteiger partial charge in [-0.25, -0.2) is 12.7 Å². The number of likely N-dealkylation sites (tertiary alicyclic amines) is 1. The topological polar surface area (TPSA) is 197 Å². The van der Waals surface area contributed by atoms with Crippen LogP contribution in [0.4, 0.5) is 0 Å². The van der Waals surface area contributed by atoms with E-state index in [-0.39, 0.29) is 44.2 Å². The van der Waals surface area contributed by atoms with E-state index < -0.39 is 57.2 Å². The Balaban J connectivity index is 1.76. The summed E-state index contributed by atoms with van der Waals surface area (Å²) in [6, 6.07) is 14.8. The lowest BCUT2D eigenvalue weighted by Crippen LogP contribution is -2.59. The number of sulfonamides is 1. The smallest absolute Gasteiger partial charge is 0.245 e. The molecule has 2 aromatic carbocycles. The molecule has 4 atom stereocenters. The predicted molar refractivity (Wildman–Crippen MR) is 199 cm³/mol. The van der Waals surface area contributed by atoms with E-state index in [1.165, 1.54) is 18.4 Å². The number of carbonyl (C=O) groups excluding carboxylic acids is 4. The van der Waals surface area contributed by atoms with Crippen molar-refractivity contribution in [2.45, 2.75) is 94.6 Å². The van der Waals surface area contributed by atoms with Crippen molar-refractivity contribution in [2.75, 3.05) is 33.7 Å². The molecule has 0 unspecified atom stereocenters. The normalized spacial score (nSPS) is 16.3. The molecule has 1 saturated heterocycles. The van der Waals surface area contributed by atoms with Gasteiger partial charge >= 0.3 is 0 Å². The number of unbranched alkanes of at least 4 members (excludes halogenated alkanes) is 1. The molecule has 282 valence electrons. The molecule has 1 heterocycles. The molecule has 1 aliphatic rings. The molecule has 2 aromatic rings. The van der Waals surface area contributed by atoms with Crippen LogP contribution in [-0.2, 0) is 42.0 Å². The van der Waals surface area contributed by atoms with Crippen LogP contribution in [-0.4, -0.2) is 104 Å². The minimum absolute atomic E-state index is 0.00609. The van der Waals surface area contributed by atoms with E-state index in [9.17, 15) is 27.6 Å². The summed E-state index contributed by atoms with van der Waals surface area (Å²) in [5, 5.41) is 8.00. The molecule has 4 amide bonds. The van der Waals surface area contributed by atoms with Gasteiger partial charge in [0, 0.05) is 33.6 Å². The van der Waals surface area contributed by atoms with Crippen molar-refractivity contribution >= 4 is 33.7 Å². The lowest BCUT2D eigenvalue weighted by Gasteiger charge is -2.35. The summed E-state index contributed by atoms with van der Waals surface area (Å²) in [7, 11) is -0.454. The zero-order chi connectivity index (χ0) is 37.6. The van der Waals surface area contributed by atoms with Crippen molar-refractivity contribution < 1.29 is 27.6 Å². The van der Waals surface area contributed by atoms with Crippen LogP contribution in [0.3, 0.4) is 0 Å². The average Bonchev–Trinajstić information content (AvgIpc) is 3.10. The van der Waals surface area contributed by atoms with Crippen LogP contribution < -0.4 is 27.4 Å². The van der Waals surface area contributed by atoms with Gasteiger partial charge in [-0.1, -0.05) is 74.5 Å². The summed E-state index contributed by atoms with van der Waals surface area (Å²) in [5.41, 5.74) is 13.7. The molecule has 0 radical (unpaired) electrons. The van der Waals surface area contributed by atoms with Gasteiger partial charge in [-0.15, -0.1) is 0 Å². The van der Waals surface area contributed by atoms with Crippen LogP contribution in [0.2, 0.25) is 0 Å². The molecule has 13 nitrogen and oxygen atoms in total. The number of carbonyl (C=O) groups is 4. The number of nitrogens with one attached hydrogen (secondary N) is 3. The number of hydrogen-bond donors (Lipinski definition) is 5. The van der Waals surface area contributed by atoms with Gasteiger partial charge < -0.3 is 32.3 Å². The second-order valence-electron chi connectivity index (χ2n) is 13.9. The number of nitrogens with zero attached hydrogens (tertiary/aromatic N) is 2. The van der Waals surface area contributed by atoms with Gasteiger partial charge in [0.25, 0.3) is 0 Å². The standard InChI is InChI=1S/C37H57N7O6S/c1-26(2)23-32(35(46)40-31(17-11-12-20-38)37(48)44-21-18-29(19-22-44)51(49,50)43(3)4)42-36(47)33(25-28-15-9-6-10-16-28)41-34(45)30(39)24-27-13-7-5-8-14-27/h5-10,13-16,26,29-33H,11-12,17-25,38-39H2,1-4H3,(H,40,46)(H,41,45)(H,42,47)/t30-,31-,32-,33-/m1/s1. The molecule has 0 bridgehead atoms. The van der Waals surface area contributed by atoms with Crippen molar-refractivity contribution in [2.24, 2.45) is 17.4 Å². The van der Waals surface area contributed by atoms with Crippen molar-refractivity contribution in [1.82, 2.24) is 25.2 Å². The summed E-state index contributed by atoms with van der Waals surface area (Å²) in [5.74, 6) is -1.84. The van der Waals surface area contributed by atoms with Crippen LogP contribution in [0, 0.1) is 5.92 Å². The van der Waals surface area contributed by atoms with E-state index in [2.05, 4.69) is 16.0 Å². The van der Waals surface area contributed by atoms with Crippen LogP contribution in [0.1, 0.15) is 63.5 Å². The maximum atomic E-state index is 13.9. The van der Waals surface area contributed by atoms with Gasteiger partial charge in [-0.2, -0.15) is 0 Å². The zero-order valence-corrected chi connectivity index (χ0v) is 31.2. The molecule has 0 aliphatic carbocycles. The van der Waals surface area contributed by atoms with Gasteiger partial charge in [-0.05, 0) is 68.5 Å². The van der Waals surface area contributed by atoms with Gasteiger partial charge in [0.2, 0.25) is 33.7 Å². The van der Waals surface area contributed by atoms with Crippen molar-refractivity contribution in [3.05, 3.63) is 71.8 Å². The monoisotopic (exact) mass is 727 g/mol. The third kappa shape index (κ3) is 13.0. The molecule has 51 heavy (non-hydrogen) atoms. The summed E-state index contributed by atoms with van der Waals surface area (Å²) in [6.45, 7) is 4.78. The lowest BCUT2D eigenvalue weighted by atomic mass is 9.99. The Kier molecular flexibility index (Phi) is 16.5. The average molecular weight is 728 g/mol. The quantitative estimate of drug-likeness (QED) is 0.134. The van der Waals surface area contributed by atoms with Crippen molar-refractivity contribution in [3.8, 4) is 0 Å². The first-order valence-electron chi connectivity index (χ1n) is 17.9. The molecule has 0 spiro atoms. The minimum atomic E-state index is -3.46. The van der Waals surface area contributed by atoms with Crippen LogP contribution in [0.5, 0.6) is 0 Å². The second kappa shape index (κ2) is 20.3. The molecule has 7 N–H and O–H groups in total. The molecule has 0 saturated carbocycles. The third-order valence-corrected chi connectivity index (χ3v) is 11.5. The first kappa shape index (κ1) is 41.6. The van der Waals surface area contributed by atoms with Gasteiger partial charge in [0.15, 0.2) is 0 Å². The van der Waals surface area contributed by atoms with E-state index in [0.717, 1.165) is 11.1 Å². The molecular weight excluding hydrogens is 671 g/mol. The van der Waals surface area contributed by atoms with E-state index in [0.29, 0.717) is 38.6 Å². The highest BCUT2D eigenvalue weighted by molar-refractivity contribution is 7.89. The number of rotatable bonds is 19. The number of amides is 4. The fraction of sp³-hybridized carbons (Fsp3) is 0.568. The van der Waals surface area contributed by atoms with Crippen LogP contribution >= 0.6 is 0 Å². The molecule has 0 aromatic heterocycles. The molecule has 14 heteroatoms. The van der Waals surface area contributed by atoms with Crippen LogP contribution in [0.25, 0.3) is 0 Å². The number of piperidine rings is 1. The number of hydrogen-bond acceptors (Lipinski definition) is 8. The summed E-state index contributed by atoms with van der Waals surface area (Å²) in [6.07, 6.45) is 2.92. The minimum Gasteiger partial charge on any atom is -0.343 e. The van der Waals surface area contributed by atoms with Crippen molar-refractivity contribution in [3.63, 3.8) is 0 Å². The molecule has 1 fully saturated rings. The zero-order valence-electron chi connectivity index (χ0n) is 30.4. The summed E-state index contributed by atoms with van der Waals surface area (Å²) in [4.78, 5) is 56.5. The fourth-order valence-electron chi connectivity index (χ4n) is 6.19. The van der Waals surface area contributed by atoms with Gasteiger partial charge in [0.05, 0.1) is 11.3 Å². The second-order valence-corrected chi connectivity index (χ2v) is 16.4. The molecular formula is C37H57N7O6S. The Morgan fingerprint density at radius 3 is 1.82 bits per heavy atom. The molecule has 1 aliphatic heterocycles. The maximum Gasteiger partial charge on any atom is 0.245 e. The number of benzene rings is 2. The highest BCUT2D eigenvalue weighted by atomic mass is 32.2. The Labute approximate surface area is 303 Å². The van der Waals surface area contributed by atoms with Crippen molar-refractivity contribution in [1.29, 1.82) is 0 Å².